The first-order valence-electron chi connectivity index (χ1n) is 5.15. The molecule has 1 aromatic rings. The molecular formula is C10H15N3O2S2. The predicted octanol–water partition coefficient (Wildman–Crippen LogP) is 0.987. The van der Waals surface area contributed by atoms with Crippen LogP contribution in [0.5, 0.6) is 0 Å². The molecule has 7 heteroatoms. The van der Waals surface area contributed by atoms with Crippen molar-refractivity contribution in [2.24, 2.45) is 0 Å². The van der Waals surface area contributed by atoms with Crippen LogP contribution in [0, 0.1) is 0 Å². The third-order valence-corrected chi connectivity index (χ3v) is 5.45. The van der Waals surface area contributed by atoms with E-state index in [9.17, 15) is 8.42 Å². The van der Waals surface area contributed by atoms with Gasteiger partial charge >= 0.3 is 10.2 Å². The van der Waals surface area contributed by atoms with Crippen molar-refractivity contribution in [2.45, 2.75) is 4.90 Å². The highest BCUT2D eigenvalue weighted by Gasteiger charge is 2.29. The van der Waals surface area contributed by atoms with Crippen molar-refractivity contribution in [3.05, 3.63) is 18.2 Å². The van der Waals surface area contributed by atoms with E-state index in [4.69, 9.17) is 5.73 Å². The van der Waals surface area contributed by atoms with Gasteiger partial charge in [-0.2, -0.15) is 12.7 Å². The second kappa shape index (κ2) is 4.40. The molecule has 0 saturated carbocycles. The van der Waals surface area contributed by atoms with E-state index in [1.54, 1.807) is 23.9 Å². The minimum Gasteiger partial charge on any atom is -0.399 e. The van der Waals surface area contributed by atoms with E-state index in [2.05, 4.69) is 0 Å². The lowest BCUT2D eigenvalue weighted by Gasteiger charge is -2.32. The van der Waals surface area contributed by atoms with Crippen LogP contribution in [-0.4, -0.2) is 39.1 Å². The standard InChI is InChI=1S/C10H15N3O2S2/c1-12(2)17(14,15)13-5-6-16-10-4-3-8(11)7-9(10)13/h3-4,7H,5-6,11H2,1-2H3. The first kappa shape index (κ1) is 12.5. The Kier molecular flexibility index (Phi) is 3.24. The number of nitrogens with two attached hydrogens (primary N) is 1. The topological polar surface area (TPSA) is 66.6 Å². The molecule has 0 radical (unpaired) electrons. The van der Waals surface area contributed by atoms with Gasteiger partial charge < -0.3 is 5.73 Å². The van der Waals surface area contributed by atoms with Crippen LogP contribution < -0.4 is 10.0 Å². The molecule has 1 aliphatic heterocycles. The van der Waals surface area contributed by atoms with Gasteiger partial charge in [0, 0.05) is 37.0 Å². The Morgan fingerprint density at radius 1 is 1.41 bits per heavy atom. The summed E-state index contributed by atoms with van der Waals surface area (Å²) in [5.41, 5.74) is 6.97. The van der Waals surface area contributed by atoms with E-state index < -0.39 is 10.2 Å². The van der Waals surface area contributed by atoms with Crippen LogP contribution in [0.3, 0.4) is 0 Å². The van der Waals surface area contributed by atoms with Crippen molar-refractivity contribution in [3.8, 4) is 0 Å². The van der Waals surface area contributed by atoms with Gasteiger partial charge in [0.25, 0.3) is 0 Å². The molecule has 1 heterocycles. The Labute approximate surface area is 106 Å². The van der Waals surface area contributed by atoms with E-state index >= 15 is 0 Å². The molecule has 2 N–H and O–H groups in total. The minimum absolute atomic E-state index is 0.474. The lowest BCUT2D eigenvalue weighted by Crippen LogP contribution is -2.42. The quantitative estimate of drug-likeness (QED) is 0.816. The molecule has 0 fully saturated rings. The number of nitrogen functional groups attached to an aromatic ring is 1. The third kappa shape index (κ3) is 2.22. The monoisotopic (exact) mass is 273 g/mol. The van der Waals surface area contributed by atoms with Crippen molar-refractivity contribution in [1.82, 2.24) is 4.31 Å². The van der Waals surface area contributed by atoms with Gasteiger partial charge in [-0.1, -0.05) is 0 Å². The Balaban J connectivity index is 2.52. The normalized spacial score (nSPS) is 16.1. The van der Waals surface area contributed by atoms with E-state index in [1.165, 1.54) is 22.7 Å². The van der Waals surface area contributed by atoms with Gasteiger partial charge in [-0.05, 0) is 18.2 Å². The molecule has 94 valence electrons. The van der Waals surface area contributed by atoms with Crippen molar-refractivity contribution in [1.29, 1.82) is 0 Å². The Morgan fingerprint density at radius 2 is 2.12 bits per heavy atom. The van der Waals surface area contributed by atoms with Crippen LogP contribution in [0.15, 0.2) is 23.1 Å². The molecule has 5 nitrogen and oxygen atoms in total. The van der Waals surface area contributed by atoms with E-state index in [-0.39, 0.29) is 0 Å². The smallest absolute Gasteiger partial charge is 0.303 e. The van der Waals surface area contributed by atoms with E-state index in [0.29, 0.717) is 17.9 Å². The highest BCUT2D eigenvalue weighted by atomic mass is 32.2. The van der Waals surface area contributed by atoms with Crippen LogP contribution in [0.4, 0.5) is 11.4 Å². The molecule has 0 aliphatic carbocycles. The highest BCUT2D eigenvalue weighted by Crippen LogP contribution is 2.37. The van der Waals surface area contributed by atoms with E-state index in [0.717, 1.165) is 10.6 Å². The number of nitrogens with zero attached hydrogens (tertiary/aromatic N) is 2. The maximum absolute atomic E-state index is 12.2. The zero-order chi connectivity index (χ0) is 12.6. The van der Waals surface area contributed by atoms with Gasteiger partial charge in [0.1, 0.15) is 0 Å². The summed E-state index contributed by atoms with van der Waals surface area (Å²) >= 11 is 1.65. The van der Waals surface area contributed by atoms with Gasteiger partial charge in [-0.15, -0.1) is 11.8 Å². The highest BCUT2D eigenvalue weighted by molar-refractivity contribution is 7.99. The van der Waals surface area contributed by atoms with Crippen molar-refractivity contribution in [2.75, 3.05) is 36.4 Å². The lowest BCUT2D eigenvalue weighted by molar-refractivity contribution is 0.516. The molecule has 2 rings (SSSR count). The summed E-state index contributed by atoms with van der Waals surface area (Å²) in [6.07, 6.45) is 0. The first-order chi connectivity index (χ1) is 7.93. The number of thioether (sulfide) groups is 1. The molecule has 0 unspecified atom stereocenters. The van der Waals surface area contributed by atoms with E-state index in [1.807, 2.05) is 6.07 Å². The van der Waals surface area contributed by atoms with Gasteiger partial charge in [0.15, 0.2) is 0 Å². The van der Waals surface area contributed by atoms with Gasteiger partial charge in [-0.25, -0.2) is 0 Å². The average Bonchev–Trinajstić information content (AvgIpc) is 2.27. The SMILES string of the molecule is CN(C)S(=O)(=O)N1CCSc2ccc(N)cc21. The molecule has 17 heavy (non-hydrogen) atoms. The zero-order valence-corrected chi connectivity index (χ0v) is 11.4. The van der Waals surface area contributed by atoms with Gasteiger partial charge in [0.05, 0.1) is 5.69 Å². The number of benzene rings is 1. The first-order valence-corrected chi connectivity index (χ1v) is 7.53. The number of anilines is 2. The Hall–Kier alpha value is -0.920. The molecular weight excluding hydrogens is 258 g/mol. The summed E-state index contributed by atoms with van der Waals surface area (Å²) < 4.78 is 27.0. The Bertz CT molecular complexity index is 528. The molecule has 0 spiro atoms. The predicted molar refractivity (Wildman–Crippen MR) is 71.5 cm³/mol. The molecule has 0 saturated heterocycles. The maximum atomic E-state index is 12.2. The molecule has 0 bridgehead atoms. The third-order valence-electron chi connectivity index (χ3n) is 2.54. The summed E-state index contributed by atoms with van der Waals surface area (Å²) in [6.45, 7) is 0.474. The summed E-state index contributed by atoms with van der Waals surface area (Å²) in [5, 5.41) is 0. The second-order valence-electron chi connectivity index (χ2n) is 3.94. The summed E-state index contributed by atoms with van der Waals surface area (Å²) in [6, 6.07) is 5.37. The fraction of sp³-hybridized carbons (Fsp3) is 0.400. The van der Waals surface area contributed by atoms with Crippen molar-refractivity contribution < 1.29 is 8.42 Å². The fourth-order valence-corrected chi connectivity index (χ4v) is 3.91. The molecule has 0 aromatic heterocycles. The maximum Gasteiger partial charge on any atom is 0.303 e. The van der Waals surface area contributed by atoms with Crippen LogP contribution in [-0.2, 0) is 10.2 Å². The lowest BCUT2D eigenvalue weighted by atomic mass is 10.3. The number of hydrogen-bond acceptors (Lipinski definition) is 4. The van der Waals surface area contributed by atoms with Crippen LogP contribution in [0.1, 0.15) is 0 Å². The average molecular weight is 273 g/mol. The summed E-state index contributed by atoms with van der Waals surface area (Å²) in [7, 11) is -0.371. The largest absolute Gasteiger partial charge is 0.399 e. The number of hydrogen-bond donors (Lipinski definition) is 1. The Morgan fingerprint density at radius 3 is 2.76 bits per heavy atom. The molecule has 1 aliphatic rings. The molecule has 0 atom stereocenters. The van der Waals surface area contributed by atoms with Gasteiger partial charge in [-0.3, -0.25) is 4.31 Å². The molecule has 1 aromatic carbocycles. The van der Waals surface area contributed by atoms with Gasteiger partial charge in [0.2, 0.25) is 0 Å². The zero-order valence-electron chi connectivity index (χ0n) is 9.75. The van der Waals surface area contributed by atoms with Crippen molar-refractivity contribution in [3.63, 3.8) is 0 Å². The van der Waals surface area contributed by atoms with Crippen molar-refractivity contribution >= 4 is 33.3 Å². The van der Waals surface area contributed by atoms with Crippen LogP contribution in [0.25, 0.3) is 0 Å². The second-order valence-corrected chi connectivity index (χ2v) is 7.14. The number of fused-ring (bicyclic) bond motifs is 1. The summed E-state index contributed by atoms with van der Waals surface area (Å²) in [4.78, 5) is 0.955. The van der Waals surface area contributed by atoms with Crippen LogP contribution in [0.2, 0.25) is 0 Å². The summed E-state index contributed by atoms with van der Waals surface area (Å²) in [5.74, 6) is 0.754. The number of rotatable bonds is 2. The molecule has 0 amide bonds. The minimum atomic E-state index is -3.43. The van der Waals surface area contributed by atoms with Crippen LogP contribution >= 0.6 is 11.8 Å². The fourth-order valence-electron chi connectivity index (χ4n) is 1.65.